The standard InChI is InChI=1S/C16H25FO2Si/c1-12(2)10-20(17,11-13(3)4)15-7-5-14(6-8-15)9-16(18)19/h5-8,12-13H,9-11H2,1-4H3,(H,18,19)/i17-1. The van der Waals surface area contributed by atoms with Crippen molar-refractivity contribution in [3.8, 4) is 0 Å². The van der Waals surface area contributed by atoms with Crippen molar-refractivity contribution in [1.29, 1.82) is 0 Å². The summed E-state index contributed by atoms with van der Waals surface area (Å²) >= 11 is 0. The van der Waals surface area contributed by atoms with Crippen molar-refractivity contribution in [3.63, 3.8) is 0 Å². The van der Waals surface area contributed by atoms with E-state index in [0.29, 0.717) is 23.9 Å². The highest BCUT2D eigenvalue weighted by Gasteiger charge is 2.37. The second-order valence-electron chi connectivity index (χ2n) is 6.43. The summed E-state index contributed by atoms with van der Waals surface area (Å²) in [5.74, 6) is -0.181. The molecule has 0 unspecified atom stereocenters. The zero-order chi connectivity index (χ0) is 15.3. The maximum absolute atomic E-state index is 15.4. The average molecular weight is 295 g/mol. The number of carbonyl (C=O) groups is 1. The van der Waals surface area contributed by atoms with E-state index in [1.54, 1.807) is 24.3 Å². The number of hydrogen-bond acceptors (Lipinski definition) is 1. The quantitative estimate of drug-likeness (QED) is 0.614. The largest absolute Gasteiger partial charge is 0.481 e. The monoisotopic (exact) mass is 295 g/mol. The fourth-order valence-electron chi connectivity index (χ4n) is 2.71. The van der Waals surface area contributed by atoms with Crippen molar-refractivity contribution >= 4 is 19.6 Å². The van der Waals surface area contributed by atoms with E-state index in [-0.39, 0.29) is 6.42 Å². The smallest absolute Gasteiger partial charge is 0.307 e. The molecule has 2 nitrogen and oxygen atoms in total. The van der Waals surface area contributed by atoms with Crippen molar-refractivity contribution in [2.75, 3.05) is 0 Å². The van der Waals surface area contributed by atoms with Crippen LogP contribution in [0.5, 0.6) is 0 Å². The van der Waals surface area contributed by atoms with Crippen LogP contribution in [0.2, 0.25) is 12.1 Å². The zero-order valence-electron chi connectivity index (χ0n) is 12.8. The summed E-state index contributed by atoms with van der Waals surface area (Å²) in [7, 11) is -2.96. The van der Waals surface area contributed by atoms with E-state index in [0.717, 1.165) is 10.8 Å². The number of aliphatic carboxylic acids is 1. The molecule has 0 saturated heterocycles. The minimum atomic E-state index is -2.96. The van der Waals surface area contributed by atoms with Crippen LogP contribution in [-0.2, 0) is 11.2 Å². The summed E-state index contributed by atoms with van der Waals surface area (Å²) in [5, 5.41) is 9.57. The lowest BCUT2D eigenvalue weighted by molar-refractivity contribution is -0.136. The molecule has 0 fully saturated rings. The second-order valence-corrected chi connectivity index (χ2v) is 9.75. The number of halogens is 1. The molecule has 1 N–H and O–H groups in total. The Hall–Kier alpha value is -1.16. The third-order valence-electron chi connectivity index (χ3n) is 3.29. The number of carboxylic acid groups (broad SMARTS) is 1. The van der Waals surface area contributed by atoms with E-state index in [1.165, 1.54) is 0 Å². The molecule has 0 heterocycles. The van der Waals surface area contributed by atoms with E-state index in [1.807, 2.05) is 0 Å². The first kappa shape index (κ1) is 16.9. The van der Waals surface area contributed by atoms with E-state index in [9.17, 15) is 4.79 Å². The SMILES string of the molecule is CC(C)C[Si]([18F])(CC(C)C)c1ccc(CC(=O)O)cc1. The second kappa shape index (κ2) is 7.02. The number of carboxylic acids is 1. The molecular weight excluding hydrogens is 270 g/mol. The van der Waals surface area contributed by atoms with E-state index >= 15 is 4.11 Å². The average Bonchev–Trinajstić information content (AvgIpc) is 2.26. The summed E-state index contributed by atoms with van der Waals surface area (Å²) in [4.78, 5) is 10.7. The van der Waals surface area contributed by atoms with Gasteiger partial charge in [0.15, 0.2) is 0 Å². The van der Waals surface area contributed by atoms with Gasteiger partial charge in [0.2, 0.25) is 0 Å². The number of hydrogen-bond donors (Lipinski definition) is 1. The molecule has 4 heteroatoms. The van der Waals surface area contributed by atoms with Crippen LogP contribution in [0.1, 0.15) is 33.3 Å². The van der Waals surface area contributed by atoms with E-state index < -0.39 is 14.4 Å². The van der Waals surface area contributed by atoms with Gasteiger partial charge in [-0.3, -0.25) is 4.79 Å². The topological polar surface area (TPSA) is 37.3 Å². The molecular formula is C16H25FO2Si. The highest BCUT2D eigenvalue weighted by molar-refractivity contribution is 6.86. The highest BCUT2D eigenvalue weighted by atomic mass is 28.4. The molecule has 1 aromatic rings. The molecule has 0 aliphatic carbocycles. The molecule has 0 saturated carbocycles. The molecule has 0 radical (unpaired) electrons. The molecule has 0 amide bonds. The van der Waals surface area contributed by atoms with Gasteiger partial charge in [-0.05, 0) is 34.7 Å². The van der Waals surface area contributed by atoms with Gasteiger partial charge >= 0.3 is 5.97 Å². The number of benzene rings is 1. The summed E-state index contributed by atoms with van der Waals surface area (Å²) in [6.07, 6.45) is -0.00448. The van der Waals surface area contributed by atoms with E-state index in [2.05, 4.69) is 27.7 Å². The third-order valence-corrected chi connectivity index (χ3v) is 7.59. The van der Waals surface area contributed by atoms with Gasteiger partial charge in [0, 0.05) is 0 Å². The molecule has 1 rings (SSSR count). The van der Waals surface area contributed by atoms with Gasteiger partial charge in [0.05, 0.1) is 6.42 Å². The highest BCUT2D eigenvalue weighted by Crippen LogP contribution is 2.26. The Morgan fingerprint density at radius 3 is 1.90 bits per heavy atom. The first-order valence-corrected chi connectivity index (χ1v) is 9.52. The molecule has 112 valence electrons. The molecule has 0 atom stereocenters. The van der Waals surface area contributed by atoms with Crippen molar-refractivity contribution in [2.45, 2.75) is 46.2 Å². The minimum absolute atomic E-state index is 0.00448. The van der Waals surface area contributed by atoms with Gasteiger partial charge in [-0.15, -0.1) is 0 Å². The first-order chi connectivity index (χ1) is 9.23. The Kier molecular flexibility index (Phi) is 5.93. The van der Waals surface area contributed by atoms with Crippen molar-refractivity contribution < 1.29 is 14.0 Å². The van der Waals surface area contributed by atoms with Crippen molar-refractivity contribution in [3.05, 3.63) is 29.8 Å². The van der Waals surface area contributed by atoms with Gasteiger partial charge in [0.1, 0.15) is 0 Å². The van der Waals surface area contributed by atoms with Gasteiger partial charge in [-0.1, -0.05) is 52.0 Å². The predicted molar refractivity (Wildman–Crippen MR) is 83.6 cm³/mol. The Labute approximate surface area is 122 Å². The van der Waals surface area contributed by atoms with Crippen LogP contribution in [0.4, 0.5) is 4.11 Å². The first-order valence-electron chi connectivity index (χ1n) is 7.23. The van der Waals surface area contributed by atoms with Crippen LogP contribution >= 0.6 is 0 Å². The molecule has 0 aliphatic rings. The molecule has 0 aromatic heterocycles. The van der Waals surface area contributed by atoms with E-state index in [4.69, 9.17) is 5.11 Å². The summed E-state index contributed by atoms with van der Waals surface area (Å²) in [5.41, 5.74) is 0.728. The fourth-order valence-corrected chi connectivity index (χ4v) is 6.70. The predicted octanol–water partition coefficient (Wildman–Crippen LogP) is 3.75. The zero-order valence-corrected chi connectivity index (χ0v) is 13.8. The summed E-state index contributed by atoms with van der Waals surface area (Å²) in [6, 6.07) is 8.37. The lowest BCUT2D eigenvalue weighted by Gasteiger charge is -2.26. The Morgan fingerprint density at radius 2 is 1.55 bits per heavy atom. The molecule has 0 bridgehead atoms. The van der Waals surface area contributed by atoms with Gasteiger partial charge in [-0.25, -0.2) is 0 Å². The Morgan fingerprint density at radius 1 is 1.10 bits per heavy atom. The molecule has 0 aliphatic heterocycles. The maximum atomic E-state index is 15.4. The van der Waals surface area contributed by atoms with Crippen molar-refractivity contribution in [2.24, 2.45) is 11.8 Å². The lowest BCUT2D eigenvalue weighted by atomic mass is 10.2. The molecule has 0 spiro atoms. The van der Waals surface area contributed by atoms with Crippen LogP contribution in [0.25, 0.3) is 0 Å². The molecule has 1 aromatic carbocycles. The van der Waals surface area contributed by atoms with Crippen LogP contribution in [-0.4, -0.2) is 19.5 Å². The Balaban J connectivity index is 2.98. The third kappa shape index (κ3) is 5.08. The van der Waals surface area contributed by atoms with Gasteiger partial charge < -0.3 is 9.21 Å². The van der Waals surface area contributed by atoms with Gasteiger partial charge in [0.25, 0.3) is 8.41 Å². The minimum Gasteiger partial charge on any atom is -0.481 e. The van der Waals surface area contributed by atoms with Crippen LogP contribution in [0.15, 0.2) is 24.3 Å². The number of rotatable bonds is 7. The normalized spacial score (nSPS) is 12.2. The van der Waals surface area contributed by atoms with Crippen LogP contribution in [0, 0.1) is 11.8 Å². The lowest BCUT2D eigenvalue weighted by Crippen LogP contribution is -2.45. The van der Waals surface area contributed by atoms with Crippen molar-refractivity contribution in [1.82, 2.24) is 0 Å². The fraction of sp³-hybridized carbons (Fsp3) is 0.562. The Bertz CT molecular complexity index is 430. The summed E-state index contributed by atoms with van der Waals surface area (Å²) < 4.78 is 15.4. The molecule has 20 heavy (non-hydrogen) atoms. The van der Waals surface area contributed by atoms with Crippen LogP contribution in [0.3, 0.4) is 0 Å². The van der Waals surface area contributed by atoms with Gasteiger partial charge in [-0.2, -0.15) is 0 Å². The maximum Gasteiger partial charge on any atom is 0.307 e. The summed E-state index contributed by atoms with van der Waals surface area (Å²) in [6.45, 7) is 8.22. The van der Waals surface area contributed by atoms with Crippen LogP contribution < -0.4 is 5.19 Å².